The summed E-state index contributed by atoms with van der Waals surface area (Å²) < 4.78 is 0. The molecule has 0 aliphatic rings. The average molecular weight is 272 g/mol. The van der Waals surface area contributed by atoms with Crippen LogP contribution < -0.4 is 0 Å². The molecular formula is C12H16O3S2. The molecule has 1 aromatic carbocycles. The number of thioether (sulfide) groups is 2. The van der Waals surface area contributed by atoms with Crippen LogP contribution in [0.1, 0.15) is 24.2 Å². The fraction of sp³-hybridized carbons (Fsp3) is 0.417. The highest BCUT2D eigenvalue weighted by molar-refractivity contribution is 8.00. The van der Waals surface area contributed by atoms with Crippen LogP contribution in [0.3, 0.4) is 0 Å². The van der Waals surface area contributed by atoms with Gasteiger partial charge in [-0.15, -0.1) is 23.5 Å². The normalized spacial score (nSPS) is 14.4. The number of hydrogen-bond donors (Lipinski definition) is 2. The molecule has 0 saturated heterocycles. The van der Waals surface area contributed by atoms with Gasteiger partial charge in [0.2, 0.25) is 0 Å². The van der Waals surface area contributed by atoms with Crippen molar-refractivity contribution in [1.82, 2.24) is 0 Å². The number of carboxylic acid groups (broad SMARTS) is 1. The Labute approximate surface area is 110 Å². The van der Waals surface area contributed by atoms with E-state index in [1.165, 1.54) is 23.5 Å². The van der Waals surface area contributed by atoms with Crippen molar-refractivity contribution in [2.24, 2.45) is 0 Å². The van der Waals surface area contributed by atoms with E-state index in [1.807, 2.05) is 19.2 Å². The lowest BCUT2D eigenvalue weighted by molar-refractivity contribution is 0.0689. The second-order valence-corrected chi connectivity index (χ2v) is 5.97. The zero-order chi connectivity index (χ0) is 13.0. The van der Waals surface area contributed by atoms with Crippen molar-refractivity contribution >= 4 is 29.5 Å². The van der Waals surface area contributed by atoms with Gasteiger partial charge in [0.1, 0.15) is 0 Å². The maximum atomic E-state index is 11.3. The molecular weight excluding hydrogens is 256 g/mol. The lowest BCUT2D eigenvalue weighted by Crippen LogP contribution is -2.15. The van der Waals surface area contributed by atoms with Gasteiger partial charge in [-0.05, 0) is 25.3 Å². The second-order valence-electron chi connectivity index (χ2n) is 3.70. The van der Waals surface area contributed by atoms with Gasteiger partial charge in [-0.3, -0.25) is 0 Å². The number of carbonyl (C=O) groups is 1. The van der Waals surface area contributed by atoms with Crippen LogP contribution in [0.15, 0.2) is 28.0 Å². The van der Waals surface area contributed by atoms with Gasteiger partial charge in [0.15, 0.2) is 0 Å². The first-order valence-electron chi connectivity index (χ1n) is 5.22. The van der Waals surface area contributed by atoms with Gasteiger partial charge in [0, 0.05) is 15.0 Å². The molecule has 2 atom stereocenters. The lowest BCUT2D eigenvalue weighted by Gasteiger charge is -2.16. The Hall–Kier alpha value is -0.650. The highest BCUT2D eigenvalue weighted by atomic mass is 32.2. The minimum Gasteiger partial charge on any atom is -0.478 e. The van der Waals surface area contributed by atoms with Gasteiger partial charge >= 0.3 is 5.97 Å². The Morgan fingerprint density at radius 3 is 2.35 bits per heavy atom. The van der Waals surface area contributed by atoms with Crippen molar-refractivity contribution in [3.05, 3.63) is 23.8 Å². The summed E-state index contributed by atoms with van der Waals surface area (Å²) >= 11 is 2.81. The van der Waals surface area contributed by atoms with Crippen molar-refractivity contribution in [1.29, 1.82) is 0 Å². The quantitative estimate of drug-likeness (QED) is 0.807. The average Bonchev–Trinajstić information content (AvgIpc) is 2.27. The predicted molar refractivity (Wildman–Crippen MR) is 72.2 cm³/mol. The number of hydrogen-bond acceptors (Lipinski definition) is 4. The Morgan fingerprint density at radius 2 is 1.88 bits per heavy atom. The third-order valence-electron chi connectivity index (χ3n) is 2.41. The van der Waals surface area contributed by atoms with E-state index in [4.69, 9.17) is 0 Å². The molecule has 2 N–H and O–H groups in total. The van der Waals surface area contributed by atoms with Gasteiger partial charge < -0.3 is 10.2 Å². The maximum Gasteiger partial charge on any atom is 0.337 e. The third kappa shape index (κ3) is 3.66. The van der Waals surface area contributed by atoms with Crippen LogP contribution in [0.25, 0.3) is 0 Å². The molecule has 0 aliphatic heterocycles. The van der Waals surface area contributed by atoms with Crippen LogP contribution in [0.4, 0.5) is 0 Å². The summed E-state index contributed by atoms with van der Waals surface area (Å²) in [6.07, 6.45) is 1.38. The van der Waals surface area contributed by atoms with Gasteiger partial charge in [0.25, 0.3) is 0 Å². The summed E-state index contributed by atoms with van der Waals surface area (Å²) in [5.41, 5.74) is 0.331. The molecule has 0 heterocycles. The number of benzene rings is 1. The van der Waals surface area contributed by atoms with E-state index in [9.17, 15) is 15.0 Å². The van der Waals surface area contributed by atoms with E-state index in [0.717, 1.165) is 4.90 Å². The summed E-state index contributed by atoms with van der Waals surface area (Å²) in [5, 5.41) is 18.7. The molecule has 0 amide bonds. The first-order chi connectivity index (χ1) is 7.97. The molecule has 17 heavy (non-hydrogen) atoms. The van der Waals surface area contributed by atoms with Crippen LogP contribution >= 0.6 is 23.5 Å². The summed E-state index contributed by atoms with van der Waals surface area (Å²) in [7, 11) is 0. The summed E-state index contributed by atoms with van der Waals surface area (Å²) in [4.78, 5) is 12.7. The van der Waals surface area contributed by atoms with Gasteiger partial charge in [-0.2, -0.15) is 0 Å². The molecule has 1 rings (SSSR count). The van der Waals surface area contributed by atoms with Gasteiger partial charge in [-0.1, -0.05) is 13.0 Å². The fourth-order valence-electron chi connectivity index (χ4n) is 1.29. The highest BCUT2D eigenvalue weighted by Gasteiger charge is 2.19. The predicted octanol–water partition coefficient (Wildman–Crippen LogP) is 2.97. The molecule has 0 radical (unpaired) electrons. The molecule has 3 nitrogen and oxygen atoms in total. The lowest BCUT2D eigenvalue weighted by atomic mass is 10.2. The molecule has 0 aliphatic carbocycles. The van der Waals surface area contributed by atoms with Crippen molar-refractivity contribution in [3.8, 4) is 0 Å². The molecule has 94 valence electrons. The van der Waals surface area contributed by atoms with E-state index in [-0.39, 0.29) is 5.25 Å². The van der Waals surface area contributed by atoms with Crippen molar-refractivity contribution in [2.45, 2.75) is 35.0 Å². The fourth-order valence-corrected chi connectivity index (χ4v) is 3.04. The Morgan fingerprint density at radius 1 is 1.29 bits per heavy atom. The molecule has 2 unspecified atom stereocenters. The number of aliphatic hydroxyl groups excluding tert-OH is 1. The molecule has 0 aromatic heterocycles. The van der Waals surface area contributed by atoms with Crippen molar-refractivity contribution in [3.63, 3.8) is 0 Å². The van der Waals surface area contributed by atoms with Crippen LogP contribution in [0, 0.1) is 0 Å². The summed E-state index contributed by atoms with van der Waals surface area (Å²) in [6, 6.07) is 5.42. The maximum absolute atomic E-state index is 11.3. The topological polar surface area (TPSA) is 57.5 Å². The van der Waals surface area contributed by atoms with E-state index >= 15 is 0 Å². The Kier molecular flexibility index (Phi) is 5.36. The second kappa shape index (κ2) is 6.33. The number of aromatic carboxylic acids is 1. The molecule has 0 saturated carbocycles. The van der Waals surface area contributed by atoms with Crippen LogP contribution in [-0.2, 0) is 0 Å². The highest BCUT2D eigenvalue weighted by Crippen LogP contribution is 2.33. The van der Waals surface area contributed by atoms with Crippen molar-refractivity contribution < 1.29 is 15.0 Å². The third-order valence-corrected chi connectivity index (χ3v) is 4.55. The molecule has 5 heteroatoms. The van der Waals surface area contributed by atoms with Crippen LogP contribution in [-0.4, -0.2) is 33.8 Å². The number of aliphatic hydroxyl groups is 1. The van der Waals surface area contributed by atoms with E-state index < -0.39 is 12.1 Å². The van der Waals surface area contributed by atoms with Crippen molar-refractivity contribution in [2.75, 3.05) is 6.26 Å². The first-order valence-corrected chi connectivity index (χ1v) is 7.32. The first kappa shape index (κ1) is 14.4. The summed E-state index contributed by atoms with van der Waals surface area (Å²) in [5.74, 6) is -0.921. The van der Waals surface area contributed by atoms with Gasteiger partial charge in [-0.25, -0.2) is 4.79 Å². The number of carboxylic acids is 1. The zero-order valence-corrected chi connectivity index (χ0v) is 11.6. The smallest absolute Gasteiger partial charge is 0.337 e. The Bertz CT molecular complexity index is 405. The standard InChI is InChI=1S/C12H16O3S2/c1-7(13)8(2)17-10-6-4-5-9(16-3)11(10)12(14)15/h4-8,13H,1-3H3,(H,14,15). The molecule has 1 aromatic rings. The van der Waals surface area contributed by atoms with E-state index in [1.54, 1.807) is 19.1 Å². The molecule has 0 bridgehead atoms. The number of rotatable bonds is 5. The minimum absolute atomic E-state index is 0.0368. The largest absolute Gasteiger partial charge is 0.478 e. The SMILES string of the molecule is CSc1cccc(SC(C)C(C)O)c1C(=O)O. The van der Waals surface area contributed by atoms with E-state index in [2.05, 4.69) is 0 Å². The minimum atomic E-state index is -0.921. The monoisotopic (exact) mass is 272 g/mol. The van der Waals surface area contributed by atoms with Crippen LogP contribution in [0.5, 0.6) is 0 Å². The van der Waals surface area contributed by atoms with Crippen LogP contribution in [0.2, 0.25) is 0 Å². The molecule has 0 fully saturated rings. The zero-order valence-electron chi connectivity index (χ0n) is 10.0. The van der Waals surface area contributed by atoms with Gasteiger partial charge in [0.05, 0.1) is 11.7 Å². The molecule has 0 spiro atoms. The summed E-state index contributed by atoms with van der Waals surface area (Å²) in [6.45, 7) is 3.59. The Balaban J connectivity index is 3.10. The van der Waals surface area contributed by atoms with E-state index in [0.29, 0.717) is 10.5 Å².